The number of sulfonamides is 1. The normalized spacial score (nSPS) is 11.8. The average molecular weight is 418 g/mol. The van der Waals surface area contributed by atoms with E-state index in [4.69, 9.17) is 9.88 Å². The molecule has 29 heavy (non-hydrogen) atoms. The number of nitrogens with two attached hydrogens (primary N) is 1. The van der Waals surface area contributed by atoms with Gasteiger partial charge < -0.3 is 9.64 Å². The van der Waals surface area contributed by atoms with Crippen LogP contribution in [0.15, 0.2) is 53.6 Å². The second-order valence-electron chi connectivity index (χ2n) is 6.85. The first-order valence-electron chi connectivity index (χ1n) is 8.89. The van der Waals surface area contributed by atoms with E-state index in [1.165, 1.54) is 25.3 Å². The van der Waals surface area contributed by atoms with E-state index in [-0.39, 0.29) is 10.6 Å². The SMILES string of the molecule is COc1ccc(-c2cn(CCN(C)C)nc2-c2ccccc2S(N)(=O)=O)cc1F. The highest BCUT2D eigenvalue weighted by Crippen LogP contribution is 2.35. The zero-order chi connectivity index (χ0) is 21.2. The van der Waals surface area contributed by atoms with Crippen molar-refractivity contribution in [3.05, 3.63) is 54.5 Å². The molecule has 0 radical (unpaired) electrons. The van der Waals surface area contributed by atoms with E-state index in [9.17, 15) is 12.8 Å². The monoisotopic (exact) mass is 418 g/mol. The molecule has 0 atom stereocenters. The maximum Gasteiger partial charge on any atom is 0.238 e. The summed E-state index contributed by atoms with van der Waals surface area (Å²) in [7, 11) is 1.32. The van der Waals surface area contributed by atoms with Crippen molar-refractivity contribution >= 4 is 10.0 Å². The van der Waals surface area contributed by atoms with Gasteiger partial charge in [0.05, 0.1) is 18.6 Å². The molecule has 0 aliphatic carbocycles. The van der Waals surface area contributed by atoms with E-state index in [0.717, 1.165) is 6.54 Å². The predicted octanol–water partition coefficient (Wildman–Crippen LogP) is 2.57. The van der Waals surface area contributed by atoms with Crippen molar-refractivity contribution in [1.29, 1.82) is 0 Å². The van der Waals surface area contributed by atoms with Crippen LogP contribution in [-0.2, 0) is 16.6 Å². The summed E-state index contributed by atoms with van der Waals surface area (Å²) >= 11 is 0. The van der Waals surface area contributed by atoms with Crippen molar-refractivity contribution < 1.29 is 17.5 Å². The molecular weight excluding hydrogens is 395 g/mol. The zero-order valence-electron chi connectivity index (χ0n) is 16.5. The van der Waals surface area contributed by atoms with Gasteiger partial charge in [0.25, 0.3) is 0 Å². The number of primary sulfonamides is 1. The Balaban J connectivity index is 2.20. The number of hydrogen-bond acceptors (Lipinski definition) is 5. The summed E-state index contributed by atoms with van der Waals surface area (Å²) in [6.07, 6.45) is 1.78. The molecule has 3 rings (SSSR count). The van der Waals surface area contributed by atoms with Gasteiger partial charge in [0.15, 0.2) is 11.6 Å². The lowest BCUT2D eigenvalue weighted by molar-refractivity contribution is 0.373. The Kier molecular flexibility index (Phi) is 6.02. The number of halogens is 1. The number of hydrogen-bond donors (Lipinski definition) is 1. The molecule has 154 valence electrons. The Labute approximate surface area is 169 Å². The van der Waals surface area contributed by atoms with Crippen LogP contribution in [0.5, 0.6) is 5.75 Å². The van der Waals surface area contributed by atoms with Crippen molar-refractivity contribution in [1.82, 2.24) is 14.7 Å². The minimum atomic E-state index is -3.97. The van der Waals surface area contributed by atoms with Gasteiger partial charge in [-0.2, -0.15) is 5.10 Å². The highest BCUT2D eigenvalue weighted by atomic mass is 32.2. The molecule has 0 amide bonds. The van der Waals surface area contributed by atoms with E-state index in [2.05, 4.69) is 5.10 Å². The molecule has 0 saturated heterocycles. The van der Waals surface area contributed by atoms with Gasteiger partial charge in [-0.15, -0.1) is 0 Å². The number of ether oxygens (including phenoxy) is 1. The fourth-order valence-electron chi connectivity index (χ4n) is 2.99. The molecule has 2 N–H and O–H groups in total. The molecule has 0 aliphatic rings. The molecule has 1 heterocycles. The van der Waals surface area contributed by atoms with Crippen LogP contribution in [-0.4, -0.2) is 50.8 Å². The number of benzene rings is 2. The largest absolute Gasteiger partial charge is 0.494 e. The molecule has 0 bridgehead atoms. The van der Waals surface area contributed by atoms with E-state index in [1.807, 2.05) is 19.0 Å². The lowest BCUT2D eigenvalue weighted by atomic mass is 10.0. The summed E-state index contributed by atoms with van der Waals surface area (Å²) < 4.78 is 45.2. The Hall–Kier alpha value is -2.75. The number of methoxy groups -OCH3 is 1. The maximum absolute atomic E-state index is 14.3. The van der Waals surface area contributed by atoms with Gasteiger partial charge in [-0.05, 0) is 37.9 Å². The third-order valence-corrected chi connectivity index (χ3v) is 5.42. The number of aromatic nitrogens is 2. The van der Waals surface area contributed by atoms with Crippen LogP contribution in [0.2, 0.25) is 0 Å². The van der Waals surface area contributed by atoms with E-state index in [0.29, 0.717) is 28.9 Å². The van der Waals surface area contributed by atoms with Gasteiger partial charge in [0.1, 0.15) is 5.69 Å². The van der Waals surface area contributed by atoms with Crippen molar-refractivity contribution in [2.75, 3.05) is 27.7 Å². The second kappa shape index (κ2) is 8.32. The maximum atomic E-state index is 14.3. The minimum Gasteiger partial charge on any atom is -0.494 e. The molecule has 0 aliphatic heterocycles. The molecule has 1 aromatic heterocycles. The van der Waals surface area contributed by atoms with Gasteiger partial charge in [0, 0.05) is 23.9 Å². The first kappa shape index (κ1) is 21.0. The van der Waals surface area contributed by atoms with Crippen LogP contribution in [0.3, 0.4) is 0 Å². The topological polar surface area (TPSA) is 90.4 Å². The van der Waals surface area contributed by atoms with E-state index < -0.39 is 15.8 Å². The minimum absolute atomic E-state index is 0.0342. The van der Waals surface area contributed by atoms with Crippen LogP contribution < -0.4 is 9.88 Å². The molecule has 0 spiro atoms. The Morgan fingerprint density at radius 2 is 1.90 bits per heavy atom. The van der Waals surface area contributed by atoms with Crippen molar-refractivity contribution in [2.45, 2.75) is 11.4 Å². The highest BCUT2D eigenvalue weighted by molar-refractivity contribution is 7.89. The van der Waals surface area contributed by atoms with E-state index >= 15 is 0 Å². The Morgan fingerprint density at radius 3 is 2.52 bits per heavy atom. The van der Waals surface area contributed by atoms with Gasteiger partial charge >= 0.3 is 0 Å². The van der Waals surface area contributed by atoms with Crippen LogP contribution >= 0.6 is 0 Å². The number of nitrogens with zero attached hydrogens (tertiary/aromatic N) is 3. The van der Waals surface area contributed by atoms with Crippen LogP contribution in [0, 0.1) is 5.82 Å². The lowest BCUT2D eigenvalue weighted by Gasteiger charge is -2.09. The molecular formula is C20H23FN4O3S. The quantitative estimate of drug-likeness (QED) is 0.637. The summed E-state index contributed by atoms with van der Waals surface area (Å²) in [6.45, 7) is 1.31. The number of likely N-dealkylation sites (N-methyl/N-ethyl adjacent to an activating group) is 1. The van der Waals surface area contributed by atoms with Crippen molar-refractivity contribution in [3.63, 3.8) is 0 Å². The Bertz CT molecular complexity index is 1130. The first-order valence-corrected chi connectivity index (χ1v) is 10.4. The third-order valence-electron chi connectivity index (χ3n) is 4.45. The van der Waals surface area contributed by atoms with Crippen LogP contribution in [0.25, 0.3) is 22.4 Å². The molecule has 9 heteroatoms. The third kappa shape index (κ3) is 4.64. The molecule has 2 aromatic carbocycles. The molecule has 7 nitrogen and oxygen atoms in total. The van der Waals surface area contributed by atoms with Crippen molar-refractivity contribution in [3.8, 4) is 28.1 Å². The van der Waals surface area contributed by atoms with Crippen LogP contribution in [0.1, 0.15) is 0 Å². The molecule has 0 fully saturated rings. The van der Waals surface area contributed by atoms with Gasteiger partial charge in [-0.25, -0.2) is 17.9 Å². The molecule has 0 saturated carbocycles. The summed E-state index contributed by atoms with van der Waals surface area (Å²) in [6, 6.07) is 11.0. The van der Waals surface area contributed by atoms with Crippen LogP contribution in [0.4, 0.5) is 4.39 Å². The predicted molar refractivity (Wildman–Crippen MR) is 110 cm³/mol. The van der Waals surface area contributed by atoms with Gasteiger partial charge in [0.2, 0.25) is 10.0 Å². The number of rotatable bonds is 7. The standard InChI is InChI=1S/C20H23FN4O3S/c1-24(2)10-11-25-13-16(14-8-9-18(28-3)17(21)12-14)20(23-25)15-6-4-5-7-19(15)29(22,26)27/h4-9,12-13H,10-11H2,1-3H3,(H2,22,26,27). The van der Waals surface area contributed by atoms with Gasteiger partial charge in [-0.1, -0.05) is 24.3 Å². The van der Waals surface area contributed by atoms with Gasteiger partial charge in [-0.3, -0.25) is 4.68 Å². The lowest BCUT2D eigenvalue weighted by Crippen LogP contribution is -2.18. The first-order chi connectivity index (χ1) is 13.7. The Morgan fingerprint density at radius 1 is 1.17 bits per heavy atom. The highest BCUT2D eigenvalue weighted by Gasteiger charge is 2.21. The fraction of sp³-hybridized carbons (Fsp3) is 0.250. The van der Waals surface area contributed by atoms with E-state index in [1.54, 1.807) is 35.1 Å². The average Bonchev–Trinajstić information content (AvgIpc) is 3.10. The summed E-state index contributed by atoms with van der Waals surface area (Å²) in [5.41, 5.74) is 1.93. The summed E-state index contributed by atoms with van der Waals surface area (Å²) in [5, 5.41) is 10.00. The fourth-order valence-corrected chi connectivity index (χ4v) is 3.73. The second-order valence-corrected chi connectivity index (χ2v) is 8.38. The summed E-state index contributed by atoms with van der Waals surface area (Å²) in [4.78, 5) is 1.97. The van der Waals surface area contributed by atoms with Crippen molar-refractivity contribution in [2.24, 2.45) is 5.14 Å². The summed E-state index contributed by atoms with van der Waals surface area (Å²) in [5.74, 6) is -0.392. The zero-order valence-corrected chi connectivity index (χ0v) is 17.3. The smallest absolute Gasteiger partial charge is 0.238 e. The molecule has 3 aromatic rings. The molecule has 0 unspecified atom stereocenters.